The maximum Gasteiger partial charge on any atom is 0.260 e. The summed E-state index contributed by atoms with van der Waals surface area (Å²) in [5.41, 5.74) is 1.23. The van der Waals surface area contributed by atoms with E-state index in [0.717, 1.165) is 18.6 Å². The molecule has 1 saturated carbocycles. The van der Waals surface area contributed by atoms with Crippen molar-refractivity contribution in [2.75, 3.05) is 0 Å². The minimum Gasteiger partial charge on any atom is -0.481 e. The van der Waals surface area contributed by atoms with Gasteiger partial charge in [-0.1, -0.05) is 38.8 Å². The van der Waals surface area contributed by atoms with E-state index in [2.05, 4.69) is 25.2 Å². The molecule has 1 amide bonds. The molecule has 1 aromatic rings. The summed E-state index contributed by atoms with van der Waals surface area (Å²) in [6, 6.07) is 8.33. The molecule has 0 saturated heterocycles. The Morgan fingerprint density at radius 3 is 2.60 bits per heavy atom. The maximum absolute atomic E-state index is 12.1. The van der Waals surface area contributed by atoms with Gasteiger partial charge in [0.05, 0.1) is 0 Å². The van der Waals surface area contributed by atoms with E-state index in [1.807, 2.05) is 25.1 Å². The molecule has 1 aliphatic carbocycles. The summed E-state index contributed by atoms with van der Waals surface area (Å²) in [5, 5.41) is 3.07. The predicted octanol–water partition coefficient (Wildman–Crippen LogP) is 3.64. The monoisotopic (exact) mass is 275 g/mol. The highest BCUT2D eigenvalue weighted by molar-refractivity contribution is 5.81. The number of carbonyl (C=O) groups excluding carboxylic acids is 1. The van der Waals surface area contributed by atoms with E-state index in [0.29, 0.717) is 12.0 Å². The Balaban J connectivity index is 1.91. The molecular weight excluding hydrogens is 250 g/mol. The van der Waals surface area contributed by atoms with Crippen LogP contribution < -0.4 is 10.1 Å². The smallest absolute Gasteiger partial charge is 0.260 e. The lowest BCUT2D eigenvalue weighted by molar-refractivity contribution is -0.127. The number of hydrogen-bond acceptors (Lipinski definition) is 2. The zero-order valence-electron chi connectivity index (χ0n) is 12.7. The second-order valence-electron chi connectivity index (χ2n) is 5.98. The van der Waals surface area contributed by atoms with Crippen LogP contribution in [0.15, 0.2) is 24.3 Å². The first-order chi connectivity index (χ1) is 9.56. The number of amides is 1. The highest BCUT2D eigenvalue weighted by Gasteiger charge is 2.21. The number of carbonyl (C=O) groups is 1. The van der Waals surface area contributed by atoms with E-state index in [9.17, 15) is 4.79 Å². The molecule has 1 unspecified atom stereocenters. The van der Waals surface area contributed by atoms with Gasteiger partial charge in [-0.15, -0.1) is 0 Å². The molecule has 0 radical (unpaired) electrons. The maximum atomic E-state index is 12.1. The average molecular weight is 275 g/mol. The van der Waals surface area contributed by atoms with Crippen molar-refractivity contribution in [3.8, 4) is 5.75 Å². The summed E-state index contributed by atoms with van der Waals surface area (Å²) < 4.78 is 5.77. The topological polar surface area (TPSA) is 38.3 Å². The normalized spacial score (nSPS) is 17.2. The fraction of sp³-hybridized carbons (Fsp3) is 0.588. The summed E-state index contributed by atoms with van der Waals surface area (Å²) in [6.07, 6.45) is 4.19. The van der Waals surface area contributed by atoms with E-state index in [1.165, 1.54) is 18.4 Å². The van der Waals surface area contributed by atoms with Gasteiger partial charge in [-0.2, -0.15) is 0 Å². The van der Waals surface area contributed by atoms with Crippen LogP contribution in [0.3, 0.4) is 0 Å². The Bertz CT molecular complexity index is 450. The van der Waals surface area contributed by atoms with Crippen molar-refractivity contribution in [3.63, 3.8) is 0 Å². The van der Waals surface area contributed by atoms with Gasteiger partial charge in [-0.3, -0.25) is 4.79 Å². The van der Waals surface area contributed by atoms with Crippen LogP contribution in [0.25, 0.3) is 0 Å². The van der Waals surface area contributed by atoms with Gasteiger partial charge in [0.15, 0.2) is 6.10 Å². The number of ether oxygens (including phenoxy) is 1. The minimum absolute atomic E-state index is 0.00755. The molecule has 1 N–H and O–H groups in total. The molecule has 1 atom stereocenters. The van der Waals surface area contributed by atoms with Crippen molar-refractivity contribution < 1.29 is 9.53 Å². The average Bonchev–Trinajstić information content (AvgIpc) is 2.91. The van der Waals surface area contributed by atoms with Crippen LogP contribution in [-0.2, 0) is 4.79 Å². The third kappa shape index (κ3) is 3.99. The second-order valence-corrected chi connectivity index (χ2v) is 5.98. The Morgan fingerprint density at radius 2 is 1.95 bits per heavy atom. The Morgan fingerprint density at radius 1 is 1.25 bits per heavy atom. The van der Waals surface area contributed by atoms with E-state index < -0.39 is 6.10 Å². The molecule has 20 heavy (non-hydrogen) atoms. The van der Waals surface area contributed by atoms with Gasteiger partial charge in [0.25, 0.3) is 5.91 Å². The molecule has 1 aliphatic rings. The van der Waals surface area contributed by atoms with Gasteiger partial charge >= 0.3 is 0 Å². The Kier molecular flexibility index (Phi) is 5.05. The first-order valence-electron chi connectivity index (χ1n) is 7.63. The Hall–Kier alpha value is -1.51. The molecule has 2 rings (SSSR count). The zero-order valence-corrected chi connectivity index (χ0v) is 12.7. The van der Waals surface area contributed by atoms with Crippen LogP contribution in [0.4, 0.5) is 0 Å². The van der Waals surface area contributed by atoms with Crippen molar-refractivity contribution in [3.05, 3.63) is 29.8 Å². The summed E-state index contributed by atoms with van der Waals surface area (Å²) in [4.78, 5) is 12.1. The molecule has 0 aliphatic heterocycles. The fourth-order valence-electron chi connectivity index (χ4n) is 2.59. The van der Waals surface area contributed by atoms with Crippen LogP contribution in [0.1, 0.15) is 57.9 Å². The molecule has 1 fully saturated rings. The van der Waals surface area contributed by atoms with E-state index in [-0.39, 0.29) is 5.91 Å². The molecule has 0 spiro atoms. The highest BCUT2D eigenvalue weighted by Crippen LogP contribution is 2.21. The second kappa shape index (κ2) is 6.78. The van der Waals surface area contributed by atoms with Crippen LogP contribution >= 0.6 is 0 Å². The van der Waals surface area contributed by atoms with E-state index >= 15 is 0 Å². The van der Waals surface area contributed by atoms with Crippen molar-refractivity contribution in [1.82, 2.24) is 5.32 Å². The fourth-order valence-corrected chi connectivity index (χ4v) is 2.59. The van der Waals surface area contributed by atoms with Crippen molar-refractivity contribution >= 4 is 5.91 Å². The number of benzene rings is 1. The van der Waals surface area contributed by atoms with Crippen molar-refractivity contribution in [1.29, 1.82) is 0 Å². The lowest BCUT2D eigenvalue weighted by atomic mass is 10.0. The standard InChI is InChI=1S/C17H25NO2/c1-12(2)14-7-6-10-16(11-14)20-13(3)17(19)18-15-8-4-5-9-15/h6-7,10-13,15H,4-5,8-9H2,1-3H3,(H,18,19). The van der Waals surface area contributed by atoms with E-state index in [1.54, 1.807) is 0 Å². The molecule has 3 heteroatoms. The minimum atomic E-state index is -0.446. The largest absolute Gasteiger partial charge is 0.481 e. The quantitative estimate of drug-likeness (QED) is 0.891. The van der Waals surface area contributed by atoms with Gasteiger partial charge in [0, 0.05) is 6.04 Å². The number of rotatable bonds is 5. The molecule has 0 heterocycles. The summed E-state index contributed by atoms with van der Waals surface area (Å²) in [6.45, 7) is 6.11. The lowest BCUT2D eigenvalue weighted by Gasteiger charge is -2.18. The molecule has 0 aromatic heterocycles. The SMILES string of the molecule is CC(Oc1cccc(C(C)C)c1)C(=O)NC1CCCC1. The van der Waals surface area contributed by atoms with E-state index in [4.69, 9.17) is 4.74 Å². The van der Waals surface area contributed by atoms with Crippen molar-refractivity contribution in [2.24, 2.45) is 0 Å². The zero-order chi connectivity index (χ0) is 14.5. The Labute approximate surface area is 121 Å². The summed E-state index contributed by atoms with van der Waals surface area (Å²) in [5.74, 6) is 1.22. The van der Waals surface area contributed by atoms with Gasteiger partial charge in [-0.05, 0) is 43.4 Å². The molecule has 0 bridgehead atoms. The summed E-state index contributed by atoms with van der Waals surface area (Å²) in [7, 11) is 0. The lowest BCUT2D eigenvalue weighted by Crippen LogP contribution is -2.41. The van der Waals surface area contributed by atoms with Crippen LogP contribution in [0, 0.1) is 0 Å². The summed E-state index contributed by atoms with van der Waals surface area (Å²) >= 11 is 0. The van der Waals surface area contributed by atoms with Gasteiger partial charge < -0.3 is 10.1 Å². The molecule has 110 valence electrons. The van der Waals surface area contributed by atoms with Gasteiger partial charge in [-0.25, -0.2) is 0 Å². The van der Waals surface area contributed by atoms with Gasteiger partial charge in [0.1, 0.15) is 5.75 Å². The van der Waals surface area contributed by atoms with Gasteiger partial charge in [0.2, 0.25) is 0 Å². The molecule has 3 nitrogen and oxygen atoms in total. The molecule has 1 aromatic carbocycles. The van der Waals surface area contributed by atoms with Crippen LogP contribution in [0.2, 0.25) is 0 Å². The predicted molar refractivity (Wildman–Crippen MR) is 81.0 cm³/mol. The molecular formula is C17H25NO2. The third-order valence-electron chi connectivity index (χ3n) is 3.91. The van der Waals surface area contributed by atoms with Crippen LogP contribution in [0.5, 0.6) is 5.75 Å². The number of nitrogens with one attached hydrogen (secondary N) is 1. The first-order valence-corrected chi connectivity index (χ1v) is 7.63. The van der Waals surface area contributed by atoms with Crippen molar-refractivity contribution in [2.45, 2.75) is 64.5 Å². The highest BCUT2D eigenvalue weighted by atomic mass is 16.5. The third-order valence-corrected chi connectivity index (χ3v) is 3.91. The van der Waals surface area contributed by atoms with Crippen LogP contribution in [-0.4, -0.2) is 18.1 Å². The number of hydrogen-bond donors (Lipinski definition) is 1. The first kappa shape index (κ1) is 14.9.